The standard InChI is InChI=1S/C23H25ClFN7O/c24-17-14-16(3-4-18(17)25)20-15-21(29-23(28-20)32-10-12-33-13-11-32)30-6-8-31(9-7-30)22-19(26)2-1-5-27-22/h1-5,14-15H,6-13,26H2. The quantitative estimate of drug-likeness (QED) is 0.624. The second-order valence-corrected chi connectivity index (χ2v) is 8.44. The number of morpholine rings is 1. The van der Waals surface area contributed by atoms with Crippen LogP contribution >= 0.6 is 11.6 Å². The summed E-state index contributed by atoms with van der Waals surface area (Å²) in [4.78, 5) is 20.6. The molecule has 10 heteroatoms. The van der Waals surface area contributed by atoms with E-state index in [0.717, 1.165) is 56.5 Å². The first kappa shape index (κ1) is 21.7. The van der Waals surface area contributed by atoms with Gasteiger partial charge in [-0.05, 0) is 30.3 Å². The maximum Gasteiger partial charge on any atom is 0.228 e. The molecule has 4 heterocycles. The van der Waals surface area contributed by atoms with Crippen molar-refractivity contribution in [1.29, 1.82) is 0 Å². The number of pyridine rings is 1. The molecular formula is C23H25ClFN7O. The van der Waals surface area contributed by atoms with Crippen LogP contribution in [0.5, 0.6) is 0 Å². The highest BCUT2D eigenvalue weighted by molar-refractivity contribution is 6.31. The van der Waals surface area contributed by atoms with Crippen molar-refractivity contribution >= 4 is 34.9 Å². The number of rotatable bonds is 4. The van der Waals surface area contributed by atoms with Crippen molar-refractivity contribution in [2.75, 3.05) is 72.9 Å². The van der Waals surface area contributed by atoms with Gasteiger partial charge in [0.2, 0.25) is 5.95 Å². The Balaban J connectivity index is 1.44. The smallest absolute Gasteiger partial charge is 0.228 e. The van der Waals surface area contributed by atoms with Gasteiger partial charge in [-0.2, -0.15) is 4.98 Å². The number of benzene rings is 1. The second-order valence-electron chi connectivity index (χ2n) is 8.03. The van der Waals surface area contributed by atoms with Gasteiger partial charge in [0.25, 0.3) is 0 Å². The lowest BCUT2D eigenvalue weighted by molar-refractivity contribution is 0.122. The van der Waals surface area contributed by atoms with Gasteiger partial charge in [-0.25, -0.2) is 14.4 Å². The van der Waals surface area contributed by atoms with E-state index in [4.69, 9.17) is 32.0 Å². The lowest BCUT2D eigenvalue weighted by Crippen LogP contribution is -2.47. The van der Waals surface area contributed by atoms with Gasteiger partial charge in [0, 0.05) is 57.1 Å². The zero-order chi connectivity index (χ0) is 22.8. The topological polar surface area (TPSA) is 83.6 Å². The Morgan fingerprint density at radius 1 is 0.909 bits per heavy atom. The molecule has 33 heavy (non-hydrogen) atoms. The highest BCUT2D eigenvalue weighted by atomic mass is 35.5. The van der Waals surface area contributed by atoms with Crippen molar-refractivity contribution in [2.24, 2.45) is 0 Å². The van der Waals surface area contributed by atoms with Crippen LogP contribution in [0, 0.1) is 5.82 Å². The van der Waals surface area contributed by atoms with Crippen LogP contribution in [0.3, 0.4) is 0 Å². The molecule has 0 aliphatic carbocycles. The van der Waals surface area contributed by atoms with Crippen molar-refractivity contribution < 1.29 is 9.13 Å². The van der Waals surface area contributed by atoms with E-state index >= 15 is 0 Å². The molecule has 0 spiro atoms. The molecule has 2 saturated heterocycles. The van der Waals surface area contributed by atoms with Crippen LogP contribution in [0.25, 0.3) is 11.3 Å². The molecule has 172 valence electrons. The van der Waals surface area contributed by atoms with E-state index in [0.29, 0.717) is 30.5 Å². The maximum absolute atomic E-state index is 13.7. The Labute approximate surface area is 196 Å². The van der Waals surface area contributed by atoms with Gasteiger partial charge >= 0.3 is 0 Å². The number of aromatic nitrogens is 3. The average Bonchev–Trinajstić information content (AvgIpc) is 2.86. The van der Waals surface area contributed by atoms with Crippen LogP contribution in [0.1, 0.15) is 0 Å². The fraction of sp³-hybridized carbons (Fsp3) is 0.348. The summed E-state index contributed by atoms with van der Waals surface area (Å²) in [5, 5.41) is 0.0714. The summed E-state index contributed by atoms with van der Waals surface area (Å²) in [6.07, 6.45) is 1.76. The number of anilines is 4. The molecule has 1 aromatic carbocycles. The summed E-state index contributed by atoms with van der Waals surface area (Å²) in [5.41, 5.74) is 8.25. The summed E-state index contributed by atoms with van der Waals surface area (Å²) in [5.74, 6) is 1.83. The highest BCUT2D eigenvalue weighted by Crippen LogP contribution is 2.29. The molecule has 0 amide bonds. The number of hydrogen-bond donors (Lipinski definition) is 1. The molecular weight excluding hydrogens is 445 g/mol. The summed E-state index contributed by atoms with van der Waals surface area (Å²) in [6, 6.07) is 10.3. The summed E-state index contributed by atoms with van der Waals surface area (Å²) >= 11 is 6.05. The Hall–Kier alpha value is -3.17. The van der Waals surface area contributed by atoms with E-state index in [-0.39, 0.29) is 5.02 Å². The van der Waals surface area contributed by atoms with Gasteiger partial charge in [0.15, 0.2) is 5.82 Å². The van der Waals surface area contributed by atoms with Crippen molar-refractivity contribution in [2.45, 2.75) is 0 Å². The first-order valence-electron chi connectivity index (χ1n) is 11.0. The predicted molar refractivity (Wildman–Crippen MR) is 129 cm³/mol. The fourth-order valence-electron chi connectivity index (χ4n) is 4.11. The normalized spacial score (nSPS) is 16.8. The number of nitrogens with two attached hydrogens (primary N) is 1. The minimum Gasteiger partial charge on any atom is -0.396 e. The molecule has 2 aliphatic rings. The second kappa shape index (κ2) is 9.36. The van der Waals surface area contributed by atoms with E-state index in [9.17, 15) is 4.39 Å². The van der Waals surface area contributed by atoms with Gasteiger partial charge in [0.05, 0.1) is 29.6 Å². The fourth-order valence-corrected chi connectivity index (χ4v) is 4.29. The van der Waals surface area contributed by atoms with Crippen molar-refractivity contribution in [1.82, 2.24) is 15.0 Å². The average molecular weight is 470 g/mol. The SMILES string of the molecule is Nc1cccnc1N1CCN(c2cc(-c3ccc(F)c(Cl)c3)nc(N3CCOCC3)n2)CC1. The Morgan fingerprint density at radius 3 is 2.39 bits per heavy atom. The van der Waals surface area contributed by atoms with Gasteiger partial charge in [-0.3, -0.25) is 0 Å². The van der Waals surface area contributed by atoms with Crippen molar-refractivity contribution in [3.8, 4) is 11.3 Å². The van der Waals surface area contributed by atoms with Gasteiger partial charge in [-0.1, -0.05) is 11.6 Å². The molecule has 5 rings (SSSR count). The third-order valence-electron chi connectivity index (χ3n) is 5.93. The largest absolute Gasteiger partial charge is 0.396 e. The monoisotopic (exact) mass is 469 g/mol. The number of nitrogens with zero attached hydrogens (tertiary/aromatic N) is 6. The maximum atomic E-state index is 13.7. The number of hydrogen-bond acceptors (Lipinski definition) is 8. The van der Waals surface area contributed by atoms with Crippen molar-refractivity contribution in [3.63, 3.8) is 0 Å². The molecule has 2 aromatic heterocycles. The first-order chi connectivity index (χ1) is 16.1. The number of nitrogen functional groups attached to an aromatic ring is 1. The van der Waals surface area contributed by atoms with Crippen LogP contribution in [0.2, 0.25) is 5.02 Å². The number of halogens is 2. The Kier molecular flexibility index (Phi) is 6.15. The minimum absolute atomic E-state index is 0.0714. The lowest BCUT2D eigenvalue weighted by Gasteiger charge is -2.37. The van der Waals surface area contributed by atoms with E-state index in [1.54, 1.807) is 18.3 Å². The summed E-state index contributed by atoms with van der Waals surface area (Å²) in [6.45, 7) is 5.79. The van der Waals surface area contributed by atoms with Crippen LogP contribution in [-0.4, -0.2) is 67.4 Å². The van der Waals surface area contributed by atoms with E-state index in [2.05, 4.69) is 19.7 Å². The Bertz CT molecular complexity index is 1130. The van der Waals surface area contributed by atoms with Gasteiger partial charge in [-0.15, -0.1) is 0 Å². The molecule has 3 aromatic rings. The molecule has 8 nitrogen and oxygen atoms in total. The third kappa shape index (κ3) is 4.65. The number of piperazine rings is 1. The van der Waals surface area contributed by atoms with E-state index in [1.807, 2.05) is 18.2 Å². The highest BCUT2D eigenvalue weighted by Gasteiger charge is 2.23. The molecule has 2 N–H and O–H groups in total. The van der Waals surface area contributed by atoms with E-state index in [1.165, 1.54) is 6.07 Å². The van der Waals surface area contributed by atoms with Crippen LogP contribution in [0.4, 0.5) is 27.7 Å². The molecule has 2 fully saturated rings. The molecule has 0 saturated carbocycles. The van der Waals surface area contributed by atoms with E-state index < -0.39 is 5.82 Å². The van der Waals surface area contributed by atoms with Crippen LogP contribution in [0.15, 0.2) is 42.6 Å². The number of ether oxygens (including phenoxy) is 1. The zero-order valence-electron chi connectivity index (χ0n) is 18.1. The third-order valence-corrected chi connectivity index (χ3v) is 6.22. The molecule has 0 bridgehead atoms. The summed E-state index contributed by atoms with van der Waals surface area (Å²) < 4.78 is 19.2. The van der Waals surface area contributed by atoms with Crippen LogP contribution in [-0.2, 0) is 4.74 Å². The summed E-state index contributed by atoms with van der Waals surface area (Å²) in [7, 11) is 0. The zero-order valence-corrected chi connectivity index (χ0v) is 18.9. The molecule has 0 radical (unpaired) electrons. The molecule has 0 unspecified atom stereocenters. The lowest BCUT2D eigenvalue weighted by atomic mass is 10.1. The first-order valence-corrected chi connectivity index (χ1v) is 11.3. The minimum atomic E-state index is -0.451. The molecule has 2 aliphatic heterocycles. The predicted octanol–water partition coefficient (Wildman–Crippen LogP) is 3.08. The Morgan fingerprint density at radius 2 is 1.67 bits per heavy atom. The van der Waals surface area contributed by atoms with Gasteiger partial charge < -0.3 is 25.2 Å². The van der Waals surface area contributed by atoms with Crippen LogP contribution < -0.4 is 20.4 Å². The van der Waals surface area contributed by atoms with Crippen molar-refractivity contribution in [3.05, 3.63) is 53.4 Å². The van der Waals surface area contributed by atoms with Gasteiger partial charge in [0.1, 0.15) is 11.6 Å². The molecule has 0 atom stereocenters.